The van der Waals surface area contributed by atoms with Gasteiger partial charge in [-0.05, 0) is 30.7 Å². The van der Waals surface area contributed by atoms with Crippen LogP contribution in [0, 0.1) is 0 Å². The Hall–Kier alpha value is -1.88. The first-order valence-electron chi connectivity index (χ1n) is 7.54. The van der Waals surface area contributed by atoms with E-state index in [9.17, 15) is 4.79 Å². The first-order chi connectivity index (χ1) is 10.7. The van der Waals surface area contributed by atoms with Crippen LogP contribution in [-0.4, -0.2) is 22.6 Å². The third kappa shape index (κ3) is 5.15. The van der Waals surface area contributed by atoms with Gasteiger partial charge in [-0.3, -0.25) is 4.79 Å². The minimum Gasteiger partial charge on any atom is -0.421 e. The fourth-order valence-electron chi connectivity index (χ4n) is 1.98. The average molecular weight is 322 g/mol. The minimum absolute atomic E-state index is 0.0161. The quantitative estimate of drug-likeness (QED) is 0.754. The van der Waals surface area contributed by atoms with Crippen molar-refractivity contribution in [1.82, 2.24) is 15.5 Å². The molecule has 0 radical (unpaired) electrons. The zero-order valence-electron chi connectivity index (χ0n) is 12.6. The van der Waals surface area contributed by atoms with Crippen molar-refractivity contribution in [2.24, 2.45) is 0 Å². The molecule has 118 valence electrons. The minimum atomic E-state index is 0.0161. The number of nitrogens with one attached hydrogen (secondary N) is 1. The summed E-state index contributed by atoms with van der Waals surface area (Å²) in [6, 6.07) is 7.18. The highest BCUT2D eigenvalue weighted by Crippen LogP contribution is 2.20. The Bertz CT molecular complexity index is 596. The van der Waals surface area contributed by atoms with Gasteiger partial charge >= 0.3 is 0 Å². The summed E-state index contributed by atoms with van der Waals surface area (Å²) in [4.78, 5) is 11.7. The molecule has 0 atom stereocenters. The van der Waals surface area contributed by atoms with Gasteiger partial charge in [0, 0.05) is 30.0 Å². The molecule has 6 heteroatoms. The van der Waals surface area contributed by atoms with Gasteiger partial charge in [0.25, 0.3) is 0 Å². The smallest absolute Gasteiger partial charge is 0.247 e. The maximum atomic E-state index is 11.7. The van der Waals surface area contributed by atoms with E-state index in [1.807, 2.05) is 12.1 Å². The van der Waals surface area contributed by atoms with E-state index < -0.39 is 0 Å². The molecule has 0 aliphatic heterocycles. The summed E-state index contributed by atoms with van der Waals surface area (Å²) >= 11 is 5.84. The van der Waals surface area contributed by atoms with Crippen molar-refractivity contribution in [1.29, 1.82) is 0 Å². The molecule has 2 rings (SSSR count). The van der Waals surface area contributed by atoms with E-state index in [0.717, 1.165) is 31.4 Å². The number of aromatic nitrogens is 2. The molecule has 0 saturated heterocycles. The molecular weight excluding hydrogens is 302 g/mol. The number of hydrogen-bond acceptors (Lipinski definition) is 4. The molecule has 2 aromatic rings. The Morgan fingerprint density at radius 2 is 2.00 bits per heavy atom. The van der Waals surface area contributed by atoms with Crippen LogP contribution >= 0.6 is 11.6 Å². The van der Waals surface area contributed by atoms with Crippen molar-refractivity contribution in [2.45, 2.75) is 39.0 Å². The van der Waals surface area contributed by atoms with Gasteiger partial charge in [0.1, 0.15) is 0 Å². The van der Waals surface area contributed by atoms with Crippen LogP contribution in [0.2, 0.25) is 5.02 Å². The summed E-state index contributed by atoms with van der Waals surface area (Å²) in [6.07, 6.45) is 4.10. The lowest BCUT2D eigenvalue weighted by Crippen LogP contribution is -2.24. The molecule has 0 fully saturated rings. The van der Waals surface area contributed by atoms with E-state index in [1.165, 1.54) is 0 Å². The molecule has 0 spiro atoms. The number of aryl methyl sites for hydroxylation is 1. The number of rotatable bonds is 8. The summed E-state index contributed by atoms with van der Waals surface area (Å²) < 4.78 is 5.56. The SMILES string of the molecule is CCCCCNC(=O)CCc1nnc(-c2ccc(Cl)cc2)o1. The highest BCUT2D eigenvalue weighted by molar-refractivity contribution is 6.30. The second-order valence-electron chi connectivity index (χ2n) is 5.06. The first kappa shape index (κ1) is 16.5. The lowest BCUT2D eigenvalue weighted by Gasteiger charge is -2.02. The van der Waals surface area contributed by atoms with Crippen LogP contribution in [0.15, 0.2) is 28.7 Å². The number of hydrogen-bond donors (Lipinski definition) is 1. The standard InChI is InChI=1S/C16H20ClN3O2/c1-2-3-4-11-18-14(21)9-10-15-19-20-16(22-15)12-5-7-13(17)8-6-12/h5-8H,2-4,9-11H2,1H3,(H,18,21). The fourth-order valence-corrected chi connectivity index (χ4v) is 2.10. The predicted octanol–water partition coefficient (Wildman–Crippen LogP) is 3.63. The van der Waals surface area contributed by atoms with Gasteiger partial charge < -0.3 is 9.73 Å². The Kier molecular flexibility index (Phi) is 6.40. The zero-order chi connectivity index (χ0) is 15.8. The van der Waals surface area contributed by atoms with E-state index in [0.29, 0.717) is 29.6 Å². The van der Waals surface area contributed by atoms with Gasteiger partial charge in [-0.2, -0.15) is 0 Å². The molecule has 0 unspecified atom stereocenters. The Balaban J connectivity index is 1.79. The number of carbonyl (C=O) groups excluding carboxylic acids is 1. The largest absolute Gasteiger partial charge is 0.421 e. The molecule has 0 aliphatic carbocycles. The van der Waals surface area contributed by atoms with Crippen LogP contribution in [0.25, 0.3) is 11.5 Å². The number of nitrogens with zero attached hydrogens (tertiary/aromatic N) is 2. The normalized spacial score (nSPS) is 10.6. The second kappa shape index (κ2) is 8.54. The van der Waals surface area contributed by atoms with Crippen LogP contribution in [0.1, 0.15) is 38.5 Å². The molecule has 22 heavy (non-hydrogen) atoms. The molecular formula is C16H20ClN3O2. The van der Waals surface area contributed by atoms with Crippen LogP contribution in [0.5, 0.6) is 0 Å². The van der Waals surface area contributed by atoms with Crippen molar-refractivity contribution >= 4 is 17.5 Å². The molecule has 1 aromatic heterocycles. The van der Waals surface area contributed by atoms with Gasteiger partial charge in [0.2, 0.25) is 17.7 Å². The summed E-state index contributed by atoms with van der Waals surface area (Å²) in [5.74, 6) is 0.922. The number of halogens is 1. The van der Waals surface area contributed by atoms with Crippen molar-refractivity contribution in [2.75, 3.05) is 6.54 Å². The van der Waals surface area contributed by atoms with Gasteiger partial charge in [0.15, 0.2) is 0 Å². The Morgan fingerprint density at radius 3 is 2.73 bits per heavy atom. The van der Waals surface area contributed by atoms with E-state index in [1.54, 1.807) is 12.1 Å². The van der Waals surface area contributed by atoms with Crippen LogP contribution < -0.4 is 5.32 Å². The average Bonchev–Trinajstić information content (AvgIpc) is 2.99. The Morgan fingerprint density at radius 1 is 1.23 bits per heavy atom. The molecule has 0 aliphatic rings. The topological polar surface area (TPSA) is 68.0 Å². The van der Waals surface area contributed by atoms with E-state index >= 15 is 0 Å². The summed E-state index contributed by atoms with van der Waals surface area (Å²) in [6.45, 7) is 2.86. The first-order valence-corrected chi connectivity index (χ1v) is 7.92. The zero-order valence-corrected chi connectivity index (χ0v) is 13.4. The molecule has 1 aromatic carbocycles. The molecule has 1 amide bonds. The Labute approximate surface area is 135 Å². The number of benzene rings is 1. The van der Waals surface area contributed by atoms with E-state index in [4.69, 9.17) is 16.0 Å². The van der Waals surface area contributed by atoms with Crippen molar-refractivity contribution in [3.63, 3.8) is 0 Å². The third-order valence-electron chi connectivity index (χ3n) is 3.23. The van der Waals surface area contributed by atoms with Crippen molar-refractivity contribution in [3.05, 3.63) is 35.2 Å². The third-order valence-corrected chi connectivity index (χ3v) is 3.48. The van der Waals surface area contributed by atoms with Gasteiger partial charge in [-0.25, -0.2) is 0 Å². The van der Waals surface area contributed by atoms with E-state index in [-0.39, 0.29) is 5.91 Å². The van der Waals surface area contributed by atoms with Crippen molar-refractivity contribution in [3.8, 4) is 11.5 Å². The van der Waals surface area contributed by atoms with Gasteiger partial charge in [-0.1, -0.05) is 31.4 Å². The van der Waals surface area contributed by atoms with Crippen LogP contribution in [-0.2, 0) is 11.2 Å². The molecule has 0 bridgehead atoms. The number of amides is 1. The maximum Gasteiger partial charge on any atom is 0.247 e. The molecule has 1 heterocycles. The van der Waals surface area contributed by atoms with Crippen molar-refractivity contribution < 1.29 is 9.21 Å². The number of unbranched alkanes of at least 4 members (excludes halogenated alkanes) is 2. The molecule has 0 saturated carbocycles. The monoisotopic (exact) mass is 321 g/mol. The van der Waals surface area contributed by atoms with Crippen LogP contribution in [0.4, 0.5) is 0 Å². The maximum absolute atomic E-state index is 11.7. The summed E-state index contributed by atoms with van der Waals surface area (Å²) in [5.41, 5.74) is 0.812. The molecule has 1 N–H and O–H groups in total. The number of carbonyl (C=O) groups is 1. The molecule has 5 nitrogen and oxygen atoms in total. The predicted molar refractivity (Wildman–Crippen MR) is 85.6 cm³/mol. The second-order valence-corrected chi connectivity index (χ2v) is 5.50. The fraction of sp³-hybridized carbons (Fsp3) is 0.438. The summed E-state index contributed by atoms with van der Waals surface area (Å²) in [5, 5.41) is 11.5. The highest BCUT2D eigenvalue weighted by atomic mass is 35.5. The lowest BCUT2D eigenvalue weighted by molar-refractivity contribution is -0.121. The lowest BCUT2D eigenvalue weighted by atomic mass is 10.2. The highest BCUT2D eigenvalue weighted by Gasteiger charge is 2.10. The van der Waals surface area contributed by atoms with Gasteiger partial charge in [0.05, 0.1) is 0 Å². The van der Waals surface area contributed by atoms with Crippen LogP contribution in [0.3, 0.4) is 0 Å². The van der Waals surface area contributed by atoms with E-state index in [2.05, 4.69) is 22.4 Å². The van der Waals surface area contributed by atoms with Gasteiger partial charge in [-0.15, -0.1) is 10.2 Å². The summed E-state index contributed by atoms with van der Waals surface area (Å²) in [7, 11) is 0.